The lowest BCUT2D eigenvalue weighted by Crippen LogP contribution is -2.42. The standard InChI is InChI=1S/C13H16Cl2N2O3/c1-8(2)6-16-13(19)17-11(18)7-20-12-9(14)4-3-5-10(12)15/h3-5,8H,6-7H2,1-2H3,(H2,16,17,18,19). The molecule has 5 nitrogen and oxygen atoms in total. The Kier molecular flexibility index (Phi) is 6.61. The summed E-state index contributed by atoms with van der Waals surface area (Å²) in [5.74, 6) is -0.0650. The second kappa shape index (κ2) is 7.97. The molecule has 7 heteroatoms. The molecule has 0 radical (unpaired) electrons. The molecule has 0 fully saturated rings. The van der Waals surface area contributed by atoms with Gasteiger partial charge in [-0.05, 0) is 18.1 Å². The molecule has 0 saturated heterocycles. The smallest absolute Gasteiger partial charge is 0.321 e. The van der Waals surface area contributed by atoms with E-state index in [4.69, 9.17) is 27.9 Å². The lowest BCUT2D eigenvalue weighted by atomic mass is 10.2. The highest BCUT2D eigenvalue weighted by Gasteiger charge is 2.11. The van der Waals surface area contributed by atoms with E-state index < -0.39 is 11.9 Å². The van der Waals surface area contributed by atoms with Gasteiger partial charge in [-0.15, -0.1) is 0 Å². The molecular weight excluding hydrogens is 303 g/mol. The van der Waals surface area contributed by atoms with E-state index in [9.17, 15) is 9.59 Å². The van der Waals surface area contributed by atoms with Gasteiger partial charge < -0.3 is 10.1 Å². The molecule has 0 unspecified atom stereocenters. The number of rotatable bonds is 5. The highest BCUT2D eigenvalue weighted by Crippen LogP contribution is 2.32. The van der Waals surface area contributed by atoms with Crippen LogP contribution < -0.4 is 15.4 Å². The summed E-state index contributed by atoms with van der Waals surface area (Å²) in [6, 6.07) is 4.29. The molecule has 0 bridgehead atoms. The topological polar surface area (TPSA) is 67.4 Å². The third-order valence-corrected chi connectivity index (χ3v) is 2.79. The van der Waals surface area contributed by atoms with E-state index in [0.717, 1.165) is 0 Å². The lowest BCUT2D eigenvalue weighted by molar-refractivity contribution is -0.122. The van der Waals surface area contributed by atoms with Crippen molar-refractivity contribution in [2.75, 3.05) is 13.2 Å². The summed E-state index contributed by atoms with van der Waals surface area (Å²) in [7, 11) is 0. The van der Waals surface area contributed by atoms with Crippen LogP contribution in [0.4, 0.5) is 4.79 Å². The maximum atomic E-state index is 11.5. The van der Waals surface area contributed by atoms with Gasteiger partial charge in [0.05, 0.1) is 10.0 Å². The molecule has 110 valence electrons. The van der Waals surface area contributed by atoms with Crippen LogP contribution in [-0.2, 0) is 4.79 Å². The average Bonchev–Trinajstić information content (AvgIpc) is 2.35. The fourth-order valence-corrected chi connectivity index (χ4v) is 1.77. The van der Waals surface area contributed by atoms with Crippen molar-refractivity contribution in [3.8, 4) is 5.75 Å². The zero-order chi connectivity index (χ0) is 15.1. The van der Waals surface area contributed by atoms with Crippen molar-refractivity contribution in [2.45, 2.75) is 13.8 Å². The lowest BCUT2D eigenvalue weighted by Gasteiger charge is -2.11. The van der Waals surface area contributed by atoms with Gasteiger partial charge in [0.25, 0.3) is 5.91 Å². The van der Waals surface area contributed by atoms with Gasteiger partial charge in [-0.1, -0.05) is 43.1 Å². The first-order valence-electron chi connectivity index (χ1n) is 6.04. The first kappa shape index (κ1) is 16.6. The number of para-hydroxylation sites is 1. The van der Waals surface area contributed by atoms with Gasteiger partial charge in [-0.3, -0.25) is 10.1 Å². The van der Waals surface area contributed by atoms with Gasteiger partial charge in [0.2, 0.25) is 0 Å². The molecule has 0 aliphatic heterocycles. The minimum Gasteiger partial charge on any atom is -0.481 e. The van der Waals surface area contributed by atoms with Crippen LogP contribution in [-0.4, -0.2) is 25.1 Å². The van der Waals surface area contributed by atoms with Gasteiger partial charge in [-0.25, -0.2) is 4.79 Å². The van der Waals surface area contributed by atoms with Crippen LogP contribution in [0.5, 0.6) is 5.75 Å². The fraction of sp³-hybridized carbons (Fsp3) is 0.385. The largest absolute Gasteiger partial charge is 0.481 e. The minimum atomic E-state index is -0.581. The quantitative estimate of drug-likeness (QED) is 0.877. The molecule has 0 aromatic heterocycles. The van der Waals surface area contributed by atoms with Crippen molar-refractivity contribution in [3.05, 3.63) is 28.2 Å². The highest BCUT2D eigenvalue weighted by molar-refractivity contribution is 6.37. The molecule has 0 spiro atoms. The number of hydrogen-bond donors (Lipinski definition) is 2. The molecule has 0 atom stereocenters. The Bertz CT molecular complexity index is 472. The fourth-order valence-electron chi connectivity index (χ4n) is 1.26. The average molecular weight is 319 g/mol. The molecule has 1 aromatic carbocycles. The van der Waals surface area contributed by atoms with Gasteiger partial charge in [0, 0.05) is 6.54 Å². The number of imide groups is 1. The normalized spacial score (nSPS) is 10.2. The van der Waals surface area contributed by atoms with Crippen molar-refractivity contribution in [1.29, 1.82) is 0 Å². The van der Waals surface area contributed by atoms with Crippen LogP contribution in [0.2, 0.25) is 10.0 Å². The van der Waals surface area contributed by atoms with Crippen molar-refractivity contribution < 1.29 is 14.3 Å². The van der Waals surface area contributed by atoms with E-state index in [0.29, 0.717) is 22.5 Å². The van der Waals surface area contributed by atoms with E-state index in [-0.39, 0.29) is 12.4 Å². The number of amides is 3. The summed E-state index contributed by atoms with van der Waals surface area (Å²) in [6.45, 7) is 4.03. The van der Waals surface area contributed by atoms with Gasteiger partial charge >= 0.3 is 6.03 Å². The van der Waals surface area contributed by atoms with Gasteiger partial charge in [0.1, 0.15) is 0 Å². The third kappa shape index (κ3) is 5.67. The molecule has 0 heterocycles. The number of hydrogen-bond acceptors (Lipinski definition) is 3. The number of benzene rings is 1. The molecule has 1 rings (SSSR count). The first-order chi connectivity index (χ1) is 9.40. The molecule has 2 N–H and O–H groups in total. The highest BCUT2D eigenvalue weighted by atomic mass is 35.5. The Hall–Kier alpha value is -1.46. The van der Waals surface area contributed by atoms with Crippen molar-refractivity contribution >= 4 is 35.1 Å². The summed E-state index contributed by atoms with van der Waals surface area (Å²) in [5, 5.41) is 5.30. The summed E-state index contributed by atoms with van der Waals surface area (Å²) < 4.78 is 5.20. The monoisotopic (exact) mass is 318 g/mol. The molecular formula is C13H16Cl2N2O3. The van der Waals surface area contributed by atoms with Crippen molar-refractivity contribution in [3.63, 3.8) is 0 Å². The van der Waals surface area contributed by atoms with Crippen LogP contribution in [0.1, 0.15) is 13.8 Å². The molecule has 0 aliphatic rings. The van der Waals surface area contributed by atoms with E-state index in [1.165, 1.54) is 0 Å². The molecule has 1 aromatic rings. The first-order valence-corrected chi connectivity index (χ1v) is 6.80. The number of halogens is 2. The van der Waals surface area contributed by atoms with Crippen LogP contribution in [0.25, 0.3) is 0 Å². The Morgan fingerprint density at radius 3 is 2.40 bits per heavy atom. The van der Waals surface area contributed by atoms with Crippen LogP contribution in [0, 0.1) is 5.92 Å². The number of urea groups is 1. The number of nitrogens with one attached hydrogen (secondary N) is 2. The van der Waals surface area contributed by atoms with Crippen LogP contribution in [0.15, 0.2) is 18.2 Å². The van der Waals surface area contributed by atoms with Gasteiger partial charge in [0.15, 0.2) is 12.4 Å². The minimum absolute atomic E-state index is 0.216. The Balaban J connectivity index is 2.42. The molecule has 3 amide bonds. The van der Waals surface area contributed by atoms with E-state index >= 15 is 0 Å². The molecule has 20 heavy (non-hydrogen) atoms. The number of carbonyl (C=O) groups excluding carboxylic acids is 2. The Morgan fingerprint density at radius 1 is 1.25 bits per heavy atom. The maximum Gasteiger partial charge on any atom is 0.321 e. The summed E-state index contributed by atoms with van der Waals surface area (Å²) in [4.78, 5) is 22.9. The SMILES string of the molecule is CC(C)CNC(=O)NC(=O)COc1c(Cl)cccc1Cl. The Morgan fingerprint density at radius 2 is 1.85 bits per heavy atom. The second-order valence-electron chi connectivity index (χ2n) is 4.49. The van der Waals surface area contributed by atoms with Crippen molar-refractivity contribution in [2.24, 2.45) is 5.92 Å². The zero-order valence-corrected chi connectivity index (χ0v) is 12.7. The number of ether oxygens (including phenoxy) is 1. The van der Waals surface area contributed by atoms with Crippen LogP contribution >= 0.6 is 23.2 Å². The maximum absolute atomic E-state index is 11.5. The predicted molar refractivity (Wildman–Crippen MR) is 78.3 cm³/mol. The molecule has 0 saturated carbocycles. The van der Waals surface area contributed by atoms with E-state index in [1.807, 2.05) is 13.8 Å². The third-order valence-electron chi connectivity index (χ3n) is 2.19. The Labute approximate surface area is 127 Å². The van der Waals surface area contributed by atoms with E-state index in [2.05, 4.69) is 10.6 Å². The van der Waals surface area contributed by atoms with Crippen molar-refractivity contribution in [1.82, 2.24) is 10.6 Å². The number of carbonyl (C=O) groups is 2. The predicted octanol–water partition coefficient (Wildman–Crippen LogP) is 2.85. The molecule has 0 aliphatic carbocycles. The zero-order valence-electron chi connectivity index (χ0n) is 11.2. The second-order valence-corrected chi connectivity index (χ2v) is 5.31. The summed E-state index contributed by atoms with van der Waals surface area (Å²) >= 11 is 11.8. The summed E-state index contributed by atoms with van der Waals surface area (Å²) in [6.07, 6.45) is 0. The summed E-state index contributed by atoms with van der Waals surface area (Å²) in [5.41, 5.74) is 0. The van der Waals surface area contributed by atoms with Crippen LogP contribution in [0.3, 0.4) is 0 Å². The van der Waals surface area contributed by atoms with E-state index in [1.54, 1.807) is 18.2 Å². The van der Waals surface area contributed by atoms with Gasteiger partial charge in [-0.2, -0.15) is 0 Å².